The molecule has 1 unspecified atom stereocenters. The first kappa shape index (κ1) is 24.1. The quantitative estimate of drug-likeness (QED) is 0.749. The van der Waals surface area contributed by atoms with Gasteiger partial charge < -0.3 is 9.84 Å². The number of hydrogen-bond donors (Lipinski definition) is 1. The monoisotopic (exact) mass is 418 g/mol. The van der Waals surface area contributed by atoms with E-state index in [9.17, 15) is 21.6 Å². The molecular formula is C16H29F3N2O5S. The van der Waals surface area contributed by atoms with Crippen molar-refractivity contribution >= 4 is 16.0 Å². The highest BCUT2D eigenvalue weighted by atomic mass is 32.2. The van der Waals surface area contributed by atoms with Crippen molar-refractivity contribution in [1.29, 1.82) is 0 Å². The molecule has 2 rings (SSSR count). The molecule has 0 aliphatic carbocycles. The number of sulfonamides is 1. The number of ether oxygens (including phenoxy) is 1. The summed E-state index contributed by atoms with van der Waals surface area (Å²) in [6.07, 6.45) is -0.683. The summed E-state index contributed by atoms with van der Waals surface area (Å²) < 4.78 is 62.0. The Labute approximate surface area is 158 Å². The third-order valence-corrected chi connectivity index (χ3v) is 6.48. The fraction of sp³-hybridized carbons (Fsp3) is 0.938. The van der Waals surface area contributed by atoms with Gasteiger partial charge in [0.25, 0.3) is 0 Å². The molecule has 2 aliphatic rings. The van der Waals surface area contributed by atoms with E-state index >= 15 is 0 Å². The number of halogens is 3. The maximum Gasteiger partial charge on any atom is 0.490 e. The van der Waals surface area contributed by atoms with E-state index in [-0.39, 0.29) is 5.41 Å². The van der Waals surface area contributed by atoms with E-state index in [1.807, 2.05) is 0 Å². The minimum atomic E-state index is -5.08. The smallest absolute Gasteiger partial charge is 0.475 e. The fourth-order valence-corrected chi connectivity index (χ4v) is 4.65. The van der Waals surface area contributed by atoms with Crippen molar-refractivity contribution < 1.29 is 36.2 Å². The first-order chi connectivity index (χ1) is 12.2. The standard InChI is InChI=1S/C14H28N2O3S.C2HF3O2/c1-12(2)16-11-14(9-13(16)10-19-3)5-7-15(8-6-14)20(4,17)18;3-2(4,5)1(6)7/h12-13H,5-11H2,1-4H3;(H,6,7). The molecule has 2 heterocycles. The number of likely N-dealkylation sites (tertiary alicyclic amines) is 1. The topological polar surface area (TPSA) is 87.2 Å². The molecule has 0 aromatic heterocycles. The molecule has 0 amide bonds. The Balaban J connectivity index is 0.000000445. The van der Waals surface area contributed by atoms with Gasteiger partial charge >= 0.3 is 12.1 Å². The first-order valence-electron chi connectivity index (χ1n) is 8.72. The molecule has 0 saturated carbocycles. The molecule has 2 fully saturated rings. The number of carboxylic acid groups (broad SMARTS) is 1. The normalized spacial score (nSPS) is 24.1. The fourth-order valence-electron chi connectivity index (χ4n) is 3.80. The van der Waals surface area contributed by atoms with E-state index in [0.717, 1.165) is 32.4 Å². The zero-order chi connectivity index (χ0) is 21.0. The molecule has 27 heavy (non-hydrogen) atoms. The van der Waals surface area contributed by atoms with Crippen molar-refractivity contribution in [3.05, 3.63) is 0 Å². The summed E-state index contributed by atoms with van der Waals surface area (Å²) in [6, 6.07) is 0.993. The van der Waals surface area contributed by atoms with Crippen molar-refractivity contribution in [3.8, 4) is 0 Å². The molecule has 160 valence electrons. The summed E-state index contributed by atoms with van der Waals surface area (Å²) in [4.78, 5) is 11.4. The number of carbonyl (C=O) groups is 1. The number of carboxylic acids is 1. The van der Waals surface area contributed by atoms with Gasteiger partial charge in [-0.2, -0.15) is 13.2 Å². The second-order valence-corrected chi connectivity index (χ2v) is 9.53. The van der Waals surface area contributed by atoms with Gasteiger partial charge in [-0.3, -0.25) is 4.90 Å². The van der Waals surface area contributed by atoms with Gasteiger partial charge in [0.1, 0.15) is 0 Å². The number of rotatable bonds is 4. The summed E-state index contributed by atoms with van der Waals surface area (Å²) in [7, 11) is -1.27. The van der Waals surface area contributed by atoms with Crippen LogP contribution in [0.4, 0.5) is 13.2 Å². The Morgan fingerprint density at radius 1 is 1.30 bits per heavy atom. The summed E-state index contributed by atoms with van der Waals surface area (Å²) in [5.74, 6) is -2.76. The maximum atomic E-state index is 11.6. The van der Waals surface area contributed by atoms with Crippen LogP contribution < -0.4 is 0 Å². The summed E-state index contributed by atoms with van der Waals surface area (Å²) in [5, 5.41) is 7.12. The summed E-state index contributed by atoms with van der Waals surface area (Å²) in [5.41, 5.74) is 0.286. The second-order valence-electron chi connectivity index (χ2n) is 7.54. The Kier molecular flexibility index (Phi) is 8.10. The van der Waals surface area contributed by atoms with Gasteiger partial charge in [0.15, 0.2) is 0 Å². The maximum absolute atomic E-state index is 11.6. The molecular weight excluding hydrogens is 389 g/mol. The Morgan fingerprint density at radius 2 is 1.78 bits per heavy atom. The van der Waals surface area contributed by atoms with Crippen LogP contribution in [0.2, 0.25) is 0 Å². The van der Waals surface area contributed by atoms with Gasteiger partial charge in [-0.1, -0.05) is 0 Å². The second kappa shape index (κ2) is 9.06. The predicted octanol–water partition coefficient (Wildman–Crippen LogP) is 1.79. The Hall–Kier alpha value is -0.910. The Bertz CT molecular complexity index is 602. The highest BCUT2D eigenvalue weighted by molar-refractivity contribution is 7.88. The molecule has 11 heteroatoms. The van der Waals surface area contributed by atoms with Crippen molar-refractivity contribution in [2.45, 2.75) is 51.4 Å². The predicted molar refractivity (Wildman–Crippen MR) is 93.9 cm³/mol. The van der Waals surface area contributed by atoms with Crippen LogP contribution in [0.5, 0.6) is 0 Å². The number of aliphatic carboxylic acids is 1. The molecule has 2 saturated heterocycles. The molecule has 1 spiro atoms. The minimum Gasteiger partial charge on any atom is -0.475 e. The molecule has 2 aliphatic heterocycles. The van der Waals surface area contributed by atoms with Crippen LogP contribution in [0.1, 0.15) is 33.1 Å². The summed E-state index contributed by atoms with van der Waals surface area (Å²) >= 11 is 0. The SMILES string of the molecule is COCC1CC2(CCN(S(C)(=O)=O)CC2)CN1C(C)C.O=C(O)C(F)(F)F. The lowest BCUT2D eigenvalue weighted by Gasteiger charge is -2.38. The summed E-state index contributed by atoms with van der Waals surface area (Å²) in [6.45, 7) is 7.65. The van der Waals surface area contributed by atoms with Crippen molar-refractivity contribution in [2.24, 2.45) is 5.41 Å². The largest absolute Gasteiger partial charge is 0.490 e. The minimum absolute atomic E-state index is 0.286. The number of hydrogen-bond acceptors (Lipinski definition) is 5. The molecule has 0 aromatic rings. The van der Waals surface area contributed by atoms with Gasteiger partial charge in [0.05, 0.1) is 12.9 Å². The van der Waals surface area contributed by atoms with E-state index < -0.39 is 22.2 Å². The van der Waals surface area contributed by atoms with Crippen LogP contribution in [0.25, 0.3) is 0 Å². The molecule has 0 radical (unpaired) electrons. The molecule has 1 N–H and O–H groups in total. The highest BCUT2D eigenvalue weighted by Gasteiger charge is 2.46. The number of alkyl halides is 3. The Morgan fingerprint density at radius 3 is 2.11 bits per heavy atom. The number of piperidine rings is 1. The average Bonchev–Trinajstić information content (AvgIpc) is 2.85. The third kappa shape index (κ3) is 6.88. The van der Waals surface area contributed by atoms with Crippen LogP contribution in [0, 0.1) is 5.41 Å². The van der Waals surface area contributed by atoms with E-state index in [0.29, 0.717) is 25.2 Å². The van der Waals surface area contributed by atoms with Crippen molar-refractivity contribution in [1.82, 2.24) is 9.21 Å². The number of nitrogens with zero attached hydrogens (tertiary/aromatic N) is 2. The molecule has 0 bridgehead atoms. The van der Waals surface area contributed by atoms with Crippen molar-refractivity contribution in [2.75, 3.05) is 39.6 Å². The zero-order valence-electron chi connectivity index (χ0n) is 16.1. The van der Waals surface area contributed by atoms with Crippen LogP contribution in [-0.2, 0) is 19.6 Å². The number of methoxy groups -OCH3 is 1. The van der Waals surface area contributed by atoms with E-state index in [2.05, 4.69) is 18.7 Å². The third-order valence-electron chi connectivity index (χ3n) is 5.17. The lowest BCUT2D eigenvalue weighted by atomic mass is 9.77. The zero-order valence-corrected chi connectivity index (χ0v) is 16.9. The molecule has 0 aromatic carbocycles. The van der Waals surface area contributed by atoms with E-state index in [4.69, 9.17) is 14.6 Å². The lowest BCUT2D eigenvalue weighted by Crippen LogP contribution is -2.44. The van der Waals surface area contributed by atoms with Crippen LogP contribution >= 0.6 is 0 Å². The van der Waals surface area contributed by atoms with E-state index in [1.54, 1.807) is 11.4 Å². The average molecular weight is 418 g/mol. The molecule has 7 nitrogen and oxygen atoms in total. The van der Waals surface area contributed by atoms with Crippen molar-refractivity contribution in [3.63, 3.8) is 0 Å². The van der Waals surface area contributed by atoms with Gasteiger partial charge in [0, 0.05) is 38.8 Å². The van der Waals surface area contributed by atoms with Gasteiger partial charge in [-0.05, 0) is 38.5 Å². The van der Waals surface area contributed by atoms with E-state index in [1.165, 1.54) is 6.26 Å². The van der Waals surface area contributed by atoms with Crippen LogP contribution in [-0.4, -0.2) is 86.6 Å². The van der Waals surface area contributed by atoms with Gasteiger partial charge in [0.2, 0.25) is 10.0 Å². The molecule has 1 atom stereocenters. The lowest BCUT2D eigenvalue weighted by molar-refractivity contribution is -0.192. The van der Waals surface area contributed by atoms with Gasteiger partial charge in [-0.25, -0.2) is 17.5 Å². The highest BCUT2D eigenvalue weighted by Crippen LogP contribution is 2.44. The van der Waals surface area contributed by atoms with Crippen LogP contribution in [0.15, 0.2) is 0 Å². The van der Waals surface area contributed by atoms with Gasteiger partial charge in [-0.15, -0.1) is 0 Å². The van der Waals surface area contributed by atoms with Crippen LogP contribution in [0.3, 0.4) is 0 Å². The first-order valence-corrected chi connectivity index (χ1v) is 10.6.